The molecule has 0 spiro atoms. The molecule has 0 amide bonds. The summed E-state index contributed by atoms with van der Waals surface area (Å²) < 4.78 is 12.0. The van der Waals surface area contributed by atoms with Crippen molar-refractivity contribution in [3.8, 4) is 12.1 Å². The molecule has 2 aromatic rings. The molecule has 2 aromatic carbocycles. The molecule has 0 aromatic heterocycles. The standard InChI is InChI=1S/C42H64N8O2.2C7H16/c1-31(35(39(7,8)51-13)41(11,27-43)49-47-33-21-17-15-18-22-33)25-37(3,4)29-45-46-30-38(5,6)26-32(2)36(40(9,10)52-14)42(12,28-44)50-48-34-23-19-16-20-24-34;2*1-5-6-7(2,3)4/h15-24,31-32,35-36H,25-26,29-30H2,1-14H3;2*5-6H2,1-4H3. The Morgan fingerprint density at radius 2 is 0.788 bits per heavy atom. The van der Waals surface area contributed by atoms with Crippen LogP contribution in [0.25, 0.3) is 0 Å². The van der Waals surface area contributed by atoms with Gasteiger partial charge in [-0.25, -0.2) is 0 Å². The van der Waals surface area contributed by atoms with Gasteiger partial charge in [-0.2, -0.15) is 41.2 Å². The molecule has 0 aliphatic carbocycles. The third-order valence-electron chi connectivity index (χ3n) is 12.5. The zero-order valence-electron chi connectivity index (χ0n) is 46.1. The molecule has 0 radical (unpaired) electrons. The lowest BCUT2D eigenvalue weighted by molar-refractivity contribution is -0.0710. The normalized spacial score (nSPS) is 16.7. The van der Waals surface area contributed by atoms with Crippen LogP contribution >= 0.6 is 0 Å². The fraction of sp³-hybridized carbons (Fsp3) is 0.750. The second-order valence-electron chi connectivity index (χ2n) is 24.1. The van der Waals surface area contributed by atoms with E-state index in [-0.39, 0.29) is 34.5 Å². The lowest BCUT2D eigenvalue weighted by atomic mass is 9.65. The summed E-state index contributed by atoms with van der Waals surface area (Å²) in [6.45, 7) is 44.0. The summed E-state index contributed by atoms with van der Waals surface area (Å²) in [4.78, 5) is 0. The Kier molecular flexibility index (Phi) is 25.6. The van der Waals surface area contributed by atoms with E-state index in [0.717, 1.165) is 12.8 Å². The van der Waals surface area contributed by atoms with Crippen LogP contribution in [0.15, 0.2) is 91.3 Å². The summed E-state index contributed by atoms with van der Waals surface area (Å²) in [5, 5.41) is 48.4. The molecule has 0 fully saturated rings. The van der Waals surface area contributed by atoms with E-state index in [4.69, 9.17) is 19.7 Å². The summed E-state index contributed by atoms with van der Waals surface area (Å²) >= 11 is 0. The number of nitriles is 2. The van der Waals surface area contributed by atoms with E-state index in [9.17, 15) is 10.5 Å². The molecule has 10 heteroatoms. The first-order chi connectivity index (χ1) is 30.2. The van der Waals surface area contributed by atoms with Gasteiger partial charge in [0, 0.05) is 26.1 Å². The van der Waals surface area contributed by atoms with Gasteiger partial charge in [-0.15, -0.1) is 0 Å². The molecule has 6 atom stereocenters. The molecule has 0 aliphatic heterocycles. The second-order valence-corrected chi connectivity index (χ2v) is 24.1. The van der Waals surface area contributed by atoms with Gasteiger partial charge in [-0.3, -0.25) is 0 Å². The van der Waals surface area contributed by atoms with Crippen molar-refractivity contribution < 1.29 is 9.47 Å². The fourth-order valence-electron chi connectivity index (χ4n) is 9.80. The van der Waals surface area contributed by atoms with Crippen LogP contribution < -0.4 is 0 Å². The van der Waals surface area contributed by atoms with E-state index in [2.05, 4.69) is 130 Å². The van der Waals surface area contributed by atoms with E-state index in [1.807, 2.05) is 102 Å². The molecule has 0 saturated heterocycles. The lowest BCUT2D eigenvalue weighted by Gasteiger charge is -2.44. The minimum atomic E-state index is -1.12. The number of hydrogen-bond donors (Lipinski definition) is 0. The topological polar surface area (TPSA) is 140 Å². The van der Waals surface area contributed by atoms with E-state index >= 15 is 0 Å². The average molecular weight is 913 g/mol. The van der Waals surface area contributed by atoms with Gasteiger partial charge in [-0.05, 0) is 125 Å². The van der Waals surface area contributed by atoms with E-state index in [1.165, 1.54) is 25.7 Å². The van der Waals surface area contributed by atoms with Gasteiger partial charge in [0.1, 0.15) is 0 Å². The highest BCUT2D eigenvalue weighted by Crippen LogP contribution is 2.45. The number of hydrogen-bond acceptors (Lipinski definition) is 10. The Labute approximate surface area is 405 Å². The molecule has 0 bridgehead atoms. The first-order valence-corrected chi connectivity index (χ1v) is 24.4. The summed E-state index contributed by atoms with van der Waals surface area (Å²) in [5.74, 6) is -0.415. The summed E-state index contributed by atoms with van der Waals surface area (Å²) in [7, 11) is 3.36. The van der Waals surface area contributed by atoms with Crippen LogP contribution in [0.3, 0.4) is 0 Å². The highest BCUT2D eigenvalue weighted by Gasteiger charge is 2.50. The molecule has 2 rings (SSSR count). The third kappa shape index (κ3) is 23.2. The van der Waals surface area contributed by atoms with Gasteiger partial charge in [0.15, 0.2) is 11.1 Å². The van der Waals surface area contributed by atoms with Crippen molar-refractivity contribution in [3.63, 3.8) is 0 Å². The van der Waals surface area contributed by atoms with Crippen molar-refractivity contribution in [1.82, 2.24) is 0 Å². The molecule has 66 heavy (non-hydrogen) atoms. The second kappa shape index (κ2) is 27.2. The van der Waals surface area contributed by atoms with Crippen molar-refractivity contribution in [2.45, 2.75) is 199 Å². The molecule has 0 aliphatic rings. The Morgan fingerprint density at radius 1 is 0.500 bits per heavy atom. The average Bonchev–Trinajstić information content (AvgIpc) is 3.21. The van der Waals surface area contributed by atoms with Crippen LogP contribution in [0.5, 0.6) is 0 Å². The van der Waals surface area contributed by atoms with Crippen LogP contribution in [0, 0.1) is 68.0 Å². The van der Waals surface area contributed by atoms with Crippen molar-refractivity contribution in [3.05, 3.63) is 60.7 Å². The van der Waals surface area contributed by atoms with Gasteiger partial charge in [0.25, 0.3) is 0 Å². The van der Waals surface area contributed by atoms with E-state index < -0.39 is 22.3 Å². The van der Waals surface area contributed by atoms with Gasteiger partial charge in [-0.1, -0.05) is 146 Å². The van der Waals surface area contributed by atoms with Gasteiger partial charge < -0.3 is 9.47 Å². The largest absolute Gasteiger partial charge is 0.378 e. The first kappa shape index (κ1) is 62.1. The van der Waals surface area contributed by atoms with Crippen LogP contribution in [-0.4, -0.2) is 49.6 Å². The van der Waals surface area contributed by atoms with Crippen LogP contribution in [-0.2, 0) is 9.47 Å². The number of azo groups is 3. The Balaban J connectivity index is 0.00000259. The fourth-order valence-corrected chi connectivity index (χ4v) is 9.80. The molecular weight excluding hydrogens is 817 g/mol. The molecule has 6 unspecified atom stereocenters. The maximum Gasteiger partial charge on any atom is 0.170 e. The number of nitrogens with zero attached hydrogens (tertiary/aromatic N) is 8. The molecular formula is C56H96N8O2. The monoisotopic (exact) mass is 913 g/mol. The smallest absolute Gasteiger partial charge is 0.170 e. The van der Waals surface area contributed by atoms with Crippen LogP contribution in [0.1, 0.15) is 177 Å². The minimum Gasteiger partial charge on any atom is -0.378 e. The highest BCUT2D eigenvalue weighted by molar-refractivity contribution is 5.36. The lowest BCUT2D eigenvalue weighted by Crippen LogP contribution is -2.50. The van der Waals surface area contributed by atoms with E-state index in [1.54, 1.807) is 14.2 Å². The van der Waals surface area contributed by atoms with Crippen molar-refractivity contribution in [2.75, 3.05) is 27.3 Å². The zero-order chi connectivity index (χ0) is 51.3. The zero-order valence-corrected chi connectivity index (χ0v) is 46.1. The van der Waals surface area contributed by atoms with Crippen LogP contribution in [0.4, 0.5) is 11.4 Å². The SMILES string of the molecule is CCCC(C)(C)C.CCCC(C)(C)C.COC(C)(C)C(C(C)CC(C)(C)CN=NCC(C)(C)CC(C)C(C(C)(C#N)N=Nc1ccccc1)C(C)(C)OC)C(C)(C#N)N=Nc1ccccc1. The third-order valence-corrected chi connectivity index (χ3v) is 12.5. The Bertz CT molecular complexity index is 1690. The molecule has 372 valence electrons. The highest BCUT2D eigenvalue weighted by atomic mass is 16.5. The summed E-state index contributed by atoms with van der Waals surface area (Å²) in [5.41, 5.74) is -1.43. The maximum atomic E-state index is 10.5. The first-order valence-electron chi connectivity index (χ1n) is 24.4. The van der Waals surface area contributed by atoms with Crippen molar-refractivity contribution in [2.24, 2.45) is 76.0 Å². The maximum absolute atomic E-state index is 10.5. The number of methoxy groups -OCH3 is 2. The van der Waals surface area contributed by atoms with Gasteiger partial charge >= 0.3 is 0 Å². The number of rotatable bonds is 22. The van der Waals surface area contributed by atoms with Crippen molar-refractivity contribution >= 4 is 11.4 Å². The molecule has 0 saturated carbocycles. The quantitative estimate of drug-likeness (QED) is 0.108. The number of ether oxygens (including phenoxy) is 2. The minimum absolute atomic E-state index is 0.0476. The molecule has 0 N–H and O–H groups in total. The predicted octanol–water partition coefficient (Wildman–Crippen LogP) is 17.4. The van der Waals surface area contributed by atoms with Gasteiger partial charge in [0.2, 0.25) is 0 Å². The number of benzene rings is 2. The summed E-state index contributed by atoms with van der Waals surface area (Å²) in [6.07, 6.45) is 6.85. The molecule has 0 heterocycles. The van der Waals surface area contributed by atoms with Crippen LogP contribution in [0.2, 0.25) is 0 Å². The summed E-state index contributed by atoms with van der Waals surface area (Å²) in [6, 6.07) is 23.9. The van der Waals surface area contributed by atoms with Crippen molar-refractivity contribution in [1.29, 1.82) is 10.5 Å². The predicted molar refractivity (Wildman–Crippen MR) is 278 cm³/mol. The van der Waals surface area contributed by atoms with Gasteiger partial charge in [0.05, 0.1) is 47.8 Å². The van der Waals surface area contributed by atoms with E-state index in [0.29, 0.717) is 35.3 Å². The molecule has 10 nitrogen and oxygen atoms in total. The Hall–Kier alpha value is -3.86. The Morgan fingerprint density at radius 3 is 1.00 bits per heavy atom.